The number of tetrazole rings is 1. The molecule has 2 aromatic carbocycles. The summed E-state index contributed by atoms with van der Waals surface area (Å²) >= 11 is 5.12. The average molecular weight is 424 g/mol. The first kappa shape index (κ1) is 19.6. The van der Waals surface area contributed by atoms with E-state index in [2.05, 4.69) is 31.1 Å². The van der Waals surface area contributed by atoms with Crippen molar-refractivity contribution in [1.29, 1.82) is 0 Å². The molecule has 154 valence electrons. The first-order chi connectivity index (χ1) is 14.6. The van der Waals surface area contributed by atoms with Gasteiger partial charge in [0.15, 0.2) is 23.9 Å². The van der Waals surface area contributed by atoms with Gasteiger partial charge in [0.05, 0.1) is 19.3 Å². The molecule has 0 aliphatic heterocycles. The van der Waals surface area contributed by atoms with Crippen LogP contribution in [-0.4, -0.2) is 42.2 Å². The van der Waals surface area contributed by atoms with Gasteiger partial charge in [-0.2, -0.15) is 9.78 Å². The molecule has 0 saturated carbocycles. The van der Waals surface area contributed by atoms with Gasteiger partial charge in [0, 0.05) is 0 Å². The van der Waals surface area contributed by atoms with E-state index < -0.39 is 0 Å². The molecule has 10 nitrogen and oxygen atoms in total. The molecule has 30 heavy (non-hydrogen) atoms. The van der Waals surface area contributed by atoms with Crippen LogP contribution in [0.3, 0.4) is 0 Å². The number of nitrogens with one attached hydrogen (secondary N) is 2. The maximum absolute atomic E-state index is 5.94. The maximum atomic E-state index is 5.94. The monoisotopic (exact) mass is 424 g/mol. The smallest absolute Gasteiger partial charge is 0.214 e. The van der Waals surface area contributed by atoms with E-state index >= 15 is 0 Å². The number of hydrogen-bond acceptors (Lipinski definition) is 8. The van der Waals surface area contributed by atoms with Gasteiger partial charge in [0.1, 0.15) is 6.33 Å². The highest BCUT2D eigenvalue weighted by atomic mass is 32.1. The van der Waals surface area contributed by atoms with Gasteiger partial charge in [-0.05, 0) is 59.4 Å². The number of aromatic amines is 1. The summed E-state index contributed by atoms with van der Waals surface area (Å²) in [4.78, 5) is 0. The van der Waals surface area contributed by atoms with Crippen molar-refractivity contribution in [2.75, 3.05) is 12.5 Å². The van der Waals surface area contributed by atoms with E-state index in [0.717, 1.165) is 11.3 Å². The normalized spacial score (nSPS) is 10.7. The Morgan fingerprint density at radius 2 is 1.97 bits per heavy atom. The zero-order chi connectivity index (χ0) is 20.9. The lowest BCUT2D eigenvalue weighted by molar-refractivity contribution is 0.273. The molecule has 4 aromatic rings. The number of ether oxygens (including phenoxy) is 2. The van der Waals surface area contributed by atoms with Crippen LogP contribution in [0.5, 0.6) is 11.5 Å². The molecule has 0 spiro atoms. The molecule has 0 radical (unpaired) electrons. The Labute approximate surface area is 177 Å². The van der Waals surface area contributed by atoms with Crippen LogP contribution in [0.25, 0.3) is 5.69 Å². The maximum Gasteiger partial charge on any atom is 0.214 e. The quantitative estimate of drug-likeness (QED) is 0.416. The molecule has 0 saturated heterocycles. The molecule has 2 N–H and O–H groups in total. The molecule has 0 unspecified atom stereocenters. The first-order valence-electron chi connectivity index (χ1n) is 9.14. The SMILES string of the molecule is COc1cc(CNn2cn[nH]c2=S)ccc1OCc1nnnn1-c1ccc(C)cc1. The summed E-state index contributed by atoms with van der Waals surface area (Å²) in [6.07, 6.45) is 1.58. The fraction of sp³-hybridized carbons (Fsp3) is 0.211. The van der Waals surface area contributed by atoms with Crippen molar-refractivity contribution in [3.63, 3.8) is 0 Å². The molecule has 4 rings (SSSR count). The lowest BCUT2D eigenvalue weighted by Gasteiger charge is -2.13. The van der Waals surface area contributed by atoms with Crippen LogP contribution in [0.15, 0.2) is 48.8 Å². The Kier molecular flexibility index (Phi) is 5.70. The summed E-state index contributed by atoms with van der Waals surface area (Å²) in [5.74, 6) is 1.79. The van der Waals surface area contributed by atoms with Crippen molar-refractivity contribution in [2.24, 2.45) is 0 Å². The first-order valence-corrected chi connectivity index (χ1v) is 9.55. The van der Waals surface area contributed by atoms with Crippen molar-refractivity contribution in [2.45, 2.75) is 20.1 Å². The van der Waals surface area contributed by atoms with Gasteiger partial charge >= 0.3 is 0 Å². The second-order valence-corrected chi connectivity index (χ2v) is 6.87. The molecule has 0 bridgehead atoms. The second kappa shape index (κ2) is 8.74. The zero-order valence-corrected chi connectivity index (χ0v) is 17.3. The molecular weight excluding hydrogens is 404 g/mol. The van der Waals surface area contributed by atoms with Gasteiger partial charge in [-0.25, -0.2) is 4.68 Å². The van der Waals surface area contributed by atoms with E-state index in [9.17, 15) is 0 Å². The molecule has 0 fully saturated rings. The van der Waals surface area contributed by atoms with Crippen LogP contribution in [0.2, 0.25) is 0 Å². The summed E-state index contributed by atoms with van der Waals surface area (Å²) in [5, 5.41) is 18.5. The number of rotatable bonds is 8. The standard InChI is InChI=1S/C19H20N8O2S/c1-13-3-6-15(7-4-13)27-18(22-24-25-27)11-29-16-8-5-14(9-17(16)28-2)10-21-26-12-20-23-19(26)30/h3-9,12,21H,10-11H2,1-2H3,(H,23,30). The van der Waals surface area contributed by atoms with E-state index in [1.165, 1.54) is 5.56 Å². The lowest BCUT2D eigenvalue weighted by Crippen LogP contribution is -2.13. The van der Waals surface area contributed by atoms with E-state index in [-0.39, 0.29) is 6.61 Å². The third-order valence-corrected chi connectivity index (χ3v) is 4.69. The Hall–Kier alpha value is -3.73. The fourth-order valence-corrected chi connectivity index (χ4v) is 2.97. The summed E-state index contributed by atoms with van der Waals surface area (Å²) < 4.78 is 15.2. The molecule has 11 heteroatoms. The molecule has 2 aromatic heterocycles. The number of benzene rings is 2. The van der Waals surface area contributed by atoms with Crippen LogP contribution < -0.4 is 14.9 Å². The topological polar surface area (TPSA) is 108 Å². The van der Waals surface area contributed by atoms with Gasteiger partial charge in [-0.3, -0.25) is 5.10 Å². The summed E-state index contributed by atoms with van der Waals surface area (Å²) in [7, 11) is 1.60. The summed E-state index contributed by atoms with van der Waals surface area (Å²) in [6.45, 7) is 2.76. The van der Waals surface area contributed by atoms with Crippen LogP contribution >= 0.6 is 12.2 Å². The van der Waals surface area contributed by atoms with Crippen molar-refractivity contribution in [1.82, 2.24) is 35.1 Å². The predicted molar refractivity (Wildman–Crippen MR) is 112 cm³/mol. The van der Waals surface area contributed by atoms with Crippen molar-refractivity contribution in [3.8, 4) is 17.2 Å². The minimum absolute atomic E-state index is 0.193. The van der Waals surface area contributed by atoms with E-state index in [0.29, 0.717) is 28.6 Å². The molecule has 0 atom stereocenters. The van der Waals surface area contributed by atoms with Crippen LogP contribution in [0.1, 0.15) is 17.0 Å². The van der Waals surface area contributed by atoms with E-state index in [1.807, 2.05) is 49.4 Å². The Morgan fingerprint density at radius 1 is 1.13 bits per heavy atom. The van der Waals surface area contributed by atoms with Gasteiger partial charge in [0.2, 0.25) is 4.77 Å². The predicted octanol–water partition coefficient (Wildman–Crippen LogP) is 2.56. The third kappa shape index (κ3) is 4.30. The van der Waals surface area contributed by atoms with Crippen LogP contribution in [0.4, 0.5) is 0 Å². The number of nitrogens with zero attached hydrogens (tertiary/aromatic N) is 6. The summed E-state index contributed by atoms with van der Waals surface area (Å²) in [6, 6.07) is 13.6. The fourth-order valence-electron chi connectivity index (χ4n) is 2.80. The van der Waals surface area contributed by atoms with Crippen molar-refractivity contribution in [3.05, 3.63) is 70.5 Å². The van der Waals surface area contributed by atoms with E-state index in [1.54, 1.807) is 22.8 Å². The molecule has 2 heterocycles. The third-order valence-electron chi connectivity index (χ3n) is 4.40. The zero-order valence-electron chi connectivity index (χ0n) is 16.4. The van der Waals surface area contributed by atoms with Gasteiger partial charge in [0.25, 0.3) is 0 Å². The van der Waals surface area contributed by atoms with E-state index in [4.69, 9.17) is 21.7 Å². The van der Waals surface area contributed by atoms with Gasteiger partial charge in [-0.1, -0.05) is 23.8 Å². The highest BCUT2D eigenvalue weighted by Crippen LogP contribution is 2.29. The largest absolute Gasteiger partial charge is 0.493 e. The van der Waals surface area contributed by atoms with Crippen molar-refractivity contribution < 1.29 is 9.47 Å². The number of aromatic nitrogens is 7. The van der Waals surface area contributed by atoms with Gasteiger partial charge in [-0.15, -0.1) is 5.10 Å². The van der Waals surface area contributed by atoms with Crippen LogP contribution in [-0.2, 0) is 13.2 Å². The number of methoxy groups -OCH3 is 1. The highest BCUT2D eigenvalue weighted by Gasteiger charge is 2.12. The molecule has 0 aliphatic carbocycles. The Bertz CT molecular complexity index is 1180. The lowest BCUT2D eigenvalue weighted by atomic mass is 10.2. The number of aryl methyl sites for hydroxylation is 1. The Morgan fingerprint density at radius 3 is 2.70 bits per heavy atom. The number of H-pyrrole nitrogens is 1. The highest BCUT2D eigenvalue weighted by molar-refractivity contribution is 7.71. The van der Waals surface area contributed by atoms with Gasteiger partial charge < -0.3 is 14.9 Å². The van der Waals surface area contributed by atoms with Crippen LogP contribution in [0, 0.1) is 11.7 Å². The minimum atomic E-state index is 0.193. The average Bonchev–Trinajstić information content (AvgIpc) is 3.40. The minimum Gasteiger partial charge on any atom is -0.493 e. The second-order valence-electron chi connectivity index (χ2n) is 6.48. The molecule has 0 aliphatic rings. The summed E-state index contributed by atoms with van der Waals surface area (Å²) in [5.41, 5.74) is 6.19. The molecular formula is C19H20N8O2S. The van der Waals surface area contributed by atoms with Crippen molar-refractivity contribution >= 4 is 12.2 Å². The molecule has 0 amide bonds. The number of hydrogen-bond donors (Lipinski definition) is 2. The Balaban J connectivity index is 1.45.